The number of ether oxygens (including phenoxy) is 2. The Morgan fingerprint density at radius 2 is 1.73 bits per heavy atom. The van der Waals surface area contributed by atoms with Crippen molar-refractivity contribution in [2.45, 2.75) is 33.8 Å². The van der Waals surface area contributed by atoms with E-state index >= 15 is 0 Å². The third kappa shape index (κ3) is 6.89. The van der Waals surface area contributed by atoms with Crippen LogP contribution in [0.1, 0.15) is 35.3 Å². The molecule has 0 saturated heterocycles. The molecule has 2 aromatic carbocycles. The van der Waals surface area contributed by atoms with Crippen molar-refractivity contribution < 1.29 is 19.1 Å². The molecule has 0 spiro atoms. The maximum Gasteiger partial charge on any atom is 0.276 e. The summed E-state index contributed by atoms with van der Waals surface area (Å²) < 4.78 is 11.1. The molecule has 9 heteroatoms. The zero-order chi connectivity index (χ0) is 22.3. The average molecular weight is 450 g/mol. The highest BCUT2D eigenvalue weighted by atomic mass is 35.5. The van der Waals surface area contributed by atoms with E-state index in [0.29, 0.717) is 22.1 Å². The normalized spacial score (nSPS) is 10.3. The summed E-state index contributed by atoms with van der Waals surface area (Å²) in [6, 6.07) is 10.3. The van der Waals surface area contributed by atoms with Crippen LogP contribution in [0, 0.1) is 13.8 Å². The number of carbonyl (C=O) groups excluding carboxylic acids is 2. The Hall–Kier alpha value is -2.84. The Morgan fingerprint density at radius 1 is 1.10 bits per heavy atom. The van der Waals surface area contributed by atoms with Gasteiger partial charge in [-0.2, -0.15) is 0 Å². The van der Waals surface area contributed by atoms with E-state index in [-0.39, 0.29) is 17.8 Å². The van der Waals surface area contributed by atoms with Crippen LogP contribution in [0.3, 0.4) is 0 Å². The standard InChI is InChI=1S/C21H24ClN3O4S/c1-12(2)29-17-8-6-5-7-16(17)20(27)23-21(30)25-24-18(26)11-28-15-9-13(3)19(22)14(4)10-15/h5-10,12H,11H2,1-4H3,(H,24,26)(H2,23,25,27,30). The largest absolute Gasteiger partial charge is 0.490 e. The molecular formula is C21H24ClN3O4S. The molecule has 0 aliphatic rings. The summed E-state index contributed by atoms with van der Waals surface area (Å²) in [4.78, 5) is 24.4. The Morgan fingerprint density at radius 3 is 2.37 bits per heavy atom. The van der Waals surface area contributed by atoms with Gasteiger partial charge in [0, 0.05) is 5.02 Å². The Labute approximate surface area is 186 Å². The van der Waals surface area contributed by atoms with Crippen molar-refractivity contribution >= 4 is 40.7 Å². The molecule has 0 bridgehead atoms. The van der Waals surface area contributed by atoms with E-state index in [4.69, 9.17) is 33.3 Å². The molecule has 0 saturated carbocycles. The summed E-state index contributed by atoms with van der Waals surface area (Å²) >= 11 is 11.2. The van der Waals surface area contributed by atoms with E-state index in [2.05, 4.69) is 16.2 Å². The van der Waals surface area contributed by atoms with Crippen molar-refractivity contribution in [2.24, 2.45) is 0 Å². The number of benzene rings is 2. The molecule has 0 aliphatic heterocycles. The van der Waals surface area contributed by atoms with Crippen LogP contribution >= 0.6 is 23.8 Å². The van der Waals surface area contributed by atoms with Gasteiger partial charge in [0.25, 0.3) is 11.8 Å². The molecule has 0 unspecified atom stereocenters. The summed E-state index contributed by atoms with van der Waals surface area (Å²) in [6.45, 7) is 7.20. The van der Waals surface area contributed by atoms with Crippen LogP contribution in [0.15, 0.2) is 36.4 Å². The van der Waals surface area contributed by atoms with Gasteiger partial charge in [0.05, 0.1) is 11.7 Å². The van der Waals surface area contributed by atoms with E-state index in [1.54, 1.807) is 36.4 Å². The van der Waals surface area contributed by atoms with Crippen LogP contribution in [-0.2, 0) is 4.79 Å². The highest BCUT2D eigenvalue weighted by Crippen LogP contribution is 2.25. The summed E-state index contributed by atoms with van der Waals surface area (Å²) in [5.41, 5.74) is 6.89. The molecule has 0 aromatic heterocycles. The van der Waals surface area contributed by atoms with Crippen molar-refractivity contribution in [1.29, 1.82) is 0 Å². The van der Waals surface area contributed by atoms with Crippen LogP contribution in [0.4, 0.5) is 0 Å². The topological polar surface area (TPSA) is 88.7 Å². The molecule has 0 atom stereocenters. The lowest BCUT2D eigenvalue weighted by Crippen LogP contribution is -2.49. The predicted molar refractivity (Wildman–Crippen MR) is 120 cm³/mol. The van der Waals surface area contributed by atoms with Gasteiger partial charge in [-0.05, 0) is 75.3 Å². The molecule has 0 aliphatic carbocycles. The van der Waals surface area contributed by atoms with Crippen molar-refractivity contribution in [3.05, 3.63) is 58.1 Å². The molecule has 7 nitrogen and oxygen atoms in total. The van der Waals surface area contributed by atoms with E-state index in [1.807, 2.05) is 27.7 Å². The van der Waals surface area contributed by atoms with Gasteiger partial charge >= 0.3 is 0 Å². The number of rotatable bonds is 6. The SMILES string of the molecule is Cc1cc(OCC(=O)NNC(=S)NC(=O)c2ccccc2OC(C)C)cc(C)c1Cl. The number of thiocarbonyl (C=S) groups is 1. The lowest BCUT2D eigenvalue weighted by atomic mass is 10.1. The fraction of sp³-hybridized carbons (Fsp3) is 0.286. The van der Waals surface area contributed by atoms with E-state index in [0.717, 1.165) is 11.1 Å². The summed E-state index contributed by atoms with van der Waals surface area (Å²) in [7, 11) is 0. The molecular weight excluding hydrogens is 426 g/mol. The second-order valence-electron chi connectivity index (χ2n) is 6.78. The Balaban J connectivity index is 1.83. The number of amides is 2. The zero-order valence-electron chi connectivity index (χ0n) is 17.2. The number of nitrogens with one attached hydrogen (secondary N) is 3. The van der Waals surface area contributed by atoms with Gasteiger partial charge < -0.3 is 9.47 Å². The third-order valence-corrected chi connectivity index (χ3v) is 4.62. The minimum absolute atomic E-state index is 0.0640. The van der Waals surface area contributed by atoms with Crippen LogP contribution < -0.4 is 25.6 Å². The maximum absolute atomic E-state index is 12.4. The molecule has 2 rings (SSSR count). The van der Waals surface area contributed by atoms with Crippen LogP contribution in [0.5, 0.6) is 11.5 Å². The molecule has 0 radical (unpaired) electrons. The molecule has 160 valence electrons. The first-order valence-corrected chi connectivity index (χ1v) is 10.0. The molecule has 2 amide bonds. The van der Waals surface area contributed by atoms with Crippen LogP contribution in [0.25, 0.3) is 0 Å². The fourth-order valence-corrected chi connectivity index (χ4v) is 2.77. The fourth-order valence-electron chi connectivity index (χ4n) is 2.51. The zero-order valence-corrected chi connectivity index (χ0v) is 18.7. The smallest absolute Gasteiger partial charge is 0.276 e. The number of hydrazine groups is 1. The number of halogens is 1. The number of hydrogen-bond acceptors (Lipinski definition) is 5. The number of para-hydroxylation sites is 1. The van der Waals surface area contributed by atoms with Gasteiger partial charge in [0.2, 0.25) is 0 Å². The van der Waals surface area contributed by atoms with E-state index < -0.39 is 11.8 Å². The molecule has 2 aromatic rings. The number of carbonyl (C=O) groups is 2. The first-order valence-electron chi connectivity index (χ1n) is 9.22. The molecule has 0 fully saturated rings. The first-order chi connectivity index (χ1) is 14.2. The second-order valence-corrected chi connectivity index (χ2v) is 7.57. The maximum atomic E-state index is 12.4. The lowest BCUT2D eigenvalue weighted by Gasteiger charge is -2.15. The Bertz CT molecular complexity index is 927. The highest BCUT2D eigenvalue weighted by molar-refractivity contribution is 7.80. The van der Waals surface area contributed by atoms with Crippen LogP contribution in [0.2, 0.25) is 5.02 Å². The van der Waals surface area contributed by atoms with Gasteiger partial charge in [-0.25, -0.2) is 0 Å². The first kappa shape index (κ1) is 23.4. The van der Waals surface area contributed by atoms with E-state index in [1.165, 1.54) is 0 Å². The van der Waals surface area contributed by atoms with Crippen molar-refractivity contribution in [1.82, 2.24) is 16.2 Å². The lowest BCUT2D eigenvalue weighted by molar-refractivity contribution is -0.123. The van der Waals surface area contributed by atoms with E-state index in [9.17, 15) is 9.59 Å². The van der Waals surface area contributed by atoms with Gasteiger partial charge in [-0.3, -0.25) is 25.8 Å². The third-order valence-electron chi connectivity index (χ3n) is 3.82. The molecule has 30 heavy (non-hydrogen) atoms. The summed E-state index contributed by atoms with van der Waals surface area (Å²) in [6.07, 6.45) is -0.0865. The quantitative estimate of drug-likeness (QED) is 0.462. The minimum Gasteiger partial charge on any atom is -0.490 e. The van der Waals surface area contributed by atoms with Crippen molar-refractivity contribution in [3.8, 4) is 11.5 Å². The number of hydrogen-bond donors (Lipinski definition) is 3. The molecule has 3 N–H and O–H groups in total. The predicted octanol–water partition coefficient (Wildman–Crippen LogP) is 3.46. The van der Waals surface area contributed by atoms with Crippen LogP contribution in [-0.4, -0.2) is 29.6 Å². The van der Waals surface area contributed by atoms with Crippen molar-refractivity contribution in [2.75, 3.05) is 6.61 Å². The van der Waals surface area contributed by atoms with Gasteiger partial charge in [-0.15, -0.1) is 0 Å². The summed E-state index contributed by atoms with van der Waals surface area (Å²) in [5.74, 6) is 0.0442. The summed E-state index contributed by atoms with van der Waals surface area (Å²) in [5, 5.41) is 3.09. The molecule has 0 heterocycles. The second kappa shape index (κ2) is 10.8. The van der Waals surface area contributed by atoms with Gasteiger partial charge in [-0.1, -0.05) is 23.7 Å². The van der Waals surface area contributed by atoms with Gasteiger partial charge in [0.1, 0.15) is 11.5 Å². The highest BCUT2D eigenvalue weighted by Gasteiger charge is 2.15. The van der Waals surface area contributed by atoms with Gasteiger partial charge in [0.15, 0.2) is 11.7 Å². The minimum atomic E-state index is -0.472. The average Bonchev–Trinajstić information content (AvgIpc) is 2.68. The Kier molecular flexibility index (Phi) is 8.44. The van der Waals surface area contributed by atoms with Crippen molar-refractivity contribution in [3.63, 3.8) is 0 Å². The monoisotopic (exact) mass is 449 g/mol. The number of aryl methyl sites for hydroxylation is 2.